The maximum Gasteiger partial charge on any atom is 0.234 e. The van der Waals surface area contributed by atoms with Crippen LogP contribution in [-0.4, -0.2) is 26.4 Å². The van der Waals surface area contributed by atoms with Crippen molar-refractivity contribution < 1.29 is 9.18 Å². The Morgan fingerprint density at radius 1 is 1.20 bits per heavy atom. The Hall–Kier alpha value is -2.67. The zero-order valence-electron chi connectivity index (χ0n) is 13.9. The molecule has 1 heterocycles. The van der Waals surface area contributed by atoms with Crippen LogP contribution in [0.4, 0.5) is 10.1 Å². The summed E-state index contributed by atoms with van der Waals surface area (Å²) >= 11 is 1.30. The summed E-state index contributed by atoms with van der Waals surface area (Å²) in [4.78, 5) is 12.1. The molecular weight excluding hydrogens is 339 g/mol. The van der Waals surface area contributed by atoms with Gasteiger partial charge in [0.15, 0.2) is 5.16 Å². The van der Waals surface area contributed by atoms with Crippen molar-refractivity contribution >= 4 is 23.4 Å². The topological polar surface area (TPSA) is 59.8 Å². The Balaban J connectivity index is 1.67. The second-order valence-corrected chi connectivity index (χ2v) is 6.56. The lowest BCUT2D eigenvalue weighted by molar-refractivity contribution is -0.113. The van der Waals surface area contributed by atoms with E-state index >= 15 is 0 Å². The predicted octanol–water partition coefficient (Wildman–Crippen LogP) is 3.75. The third-order valence-electron chi connectivity index (χ3n) is 3.59. The fraction of sp³-hybridized carbons (Fsp3) is 0.167. The molecule has 0 atom stereocenters. The maximum atomic E-state index is 12.9. The lowest BCUT2D eigenvalue weighted by Gasteiger charge is -2.10. The fourth-order valence-corrected chi connectivity index (χ4v) is 3.15. The zero-order chi connectivity index (χ0) is 17.8. The third-order valence-corrected chi connectivity index (χ3v) is 4.53. The summed E-state index contributed by atoms with van der Waals surface area (Å²) in [6.07, 6.45) is 1.64. The molecule has 3 aromatic rings. The number of carbonyl (C=O) groups is 1. The van der Waals surface area contributed by atoms with E-state index in [9.17, 15) is 9.18 Å². The van der Waals surface area contributed by atoms with E-state index in [0.29, 0.717) is 10.8 Å². The number of aryl methyl sites for hydroxylation is 2. The molecule has 0 aliphatic heterocycles. The predicted molar refractivity (Wildman–Crippen MR) is 96.6 cm³/mol. The van der Waals surface area contributed by atoms with Crippen molar-refractivity contribution in [2.45, 2.75) is 19.0 Å². The van der Waals surface area contributed by atoms with E-state index in [1.165, 1.54) is 41.6 Å². The minimum absolute atomic E-state index is 0.182. The van der Waals surface area contributed by atoms with Gasteiger partial charge in [-0.3, -0.25) is 9.36 Å². The van der Waals surface area contributed by atoms with Gasteiger partial charge in [-0.1, -0.05) is 29.5 Å². The Morgan fingerprint density at radius 2 is 1.96 bits per heavy atom. The number of anilines is 1. The lowest BCUT2D eigenvalue weighted by atomic mass is 10.1. The van der Waals surface area contributed by atoms with Crippen molar-refractivity contribution in [2.24, 2.45) is 0 Å². The van der Waals surface area contributed by atoms with Gasteiger partial charge >= 0.3 is 0 Å². The molecule has 7 heteroatoms. The molecule has 1 N–H and O–H groups in total. The minimum Gasteiger partial charge on any atom is -0.325 e. The van der Waals surface area contributed by atoms with E-state index in [2.05, 4.69) is 21.6 Å². The molecule has 0 fully saturated rings. The number of amides is 1. The average molecular weight is 356 g/mol. The summed E-state index contributed by atoms with van der Waals surface area (Å²) in [7, 11) is 0. The molecule has 0 saturated heterocycles. The number of halogens is 1. The van der Waals surface area contributed by atoms with Crippen LogP contribution >= 0.6 is 11.8 Å². The van der Waals surface area contributed by atoms with Crippen molar-refractivity contribution in [1.29, 1.82) is 0 Å². The van der Waals surface area contributed by atoms with Crippen molar-refractivity contribution in [3.05, 3.63) is 65.7 Å². The second kappa shape index (κ2) is 7.48. The van der Waals surface area contributed by atoms with Gasteiger partial charge in [-0.15, -0.1) is 10.2 Å². The monoisotopic (exact) mass is 356 g/mol. The van der Waals surface area contributed by atoms with Crippen LogP contribution in [0.5, 0.6) is 0 Å². The summed E-state index contributed by atoms with van der Waals surface area (Å²) in [6, 6.07) is 11.8. The van der Waals surface area contributed by atoms with Crippen LogP contribution < -0.4 is 5.32 Å². The van der Waals surface area contributed by atoms with Crippen molar-refractivity contribution in [3.8, 4) is 5.69 Å². The average Bonchev–Trinajstić information content (AvgIpc) is 3.03. The highest BCUT2D eigenvalue weighted by atomic mass is 32.2. The number of hydrogen-bond donors (Lipinski definition) is 1. The van der Waals surface area contributed by atoms with Gasteiger partial charge in [0.05, 0.1) is 11.4 Å². The standard InChI is InChI=1S/C18H17FN4OS/c1-12-3-8-16(13(2)9-12)23-11-20-22-18(23)25-10-17(24)21-15-6-4-14(19)5-7-15/h3-9,11H,10H2,1-2H3,(H,21,24). The van der Waals surface area contributed by atoms with Crippen molar-refractivity contribution in [1.82, 2.24) is 14.8 Å². The minimum atomic E-state index is -0.339. The highest BCUT2D eigenvalue weighted by Gasteiger charge is 2.12. The molecule has 5 nitrogen and oxygen atoms in total. The van der Waals surface area contributed by atoms with Crippen LogP contribution in [0.25, 0.3) is 5.69 Å². The van der Waals surface area contributed by atoms with Gasteiger partial charge in [0, 0.05) is 5.69 Å². The molecule has 128 valence electrons. The molecule has 3 rings (SSSR count). The SMILES string of the molecule is Cc1ccc(-n2cnnc2SCC(=O)Nc2ccc(F)cc2)c(C)c1. The summed E-state index contributed by atoms with van der Waals surface area (Å²) in [5, 5.41) is 11.4. The molecule has 25 heavy (non-hydrogen) atoms. The van der Waals surface area contributed by atoms with Crippen LogP contribution in [0, 0.1) is 19.7 Å². The fourth-order valence-electron chi connectivity index (χ4n) is 2.42. The number of nitrogens with zero attached hydrogens (tertiary/aromatic N) is 3. The maximum absolute atomic E-state index is 12.9. The molecule has 1 aromatic heterocycles. The van der Waals surface area contributed by atoms with Gasteiger partial charge in [0.1, 0.15) is 12.1 Å². The van der Waals surface area contributed by atoms with E-state index in [0.717, 1.165) is 11.3 Å². The van der Waals surface area contributed by atoms with Gasteiger partial charge in [-0.2, -0.15) is 0 Å². The number of rotatable bonds is 5. The Kier molecular flexibility index (Phi) is 5.14. The molecule has 0 bridgehead atoms. The molecule has 0 spiro atoms. The van der Waals surface area contributed by atoms with Gasteiger partial charge in [-0.25, -0.2) is 4.39 Å². The van der Waals surface area contributed by atoms with E-state index in [4.69, 9.17) is 0 Å². The summed E-state index contributed by atoms with van der Waals surface area (Å²) in [6.45, 7) is 4.07. The van der Waals surface area contributed by atoms with Crippen LogP contribution in [-0.2, 0) is 4.79 Å². The smallest absolute Gasteiger partial charge is 0.234 e. The molecule has 0 aliphatic rings. The van der Waals surface area contributed by atoms with Gasteiger partial charge in [0.25, 0.3) is 0 Å². The quantitative estimate of drug-likeness (QED) is 0.707. The van der Waals surface area contributed by atoms with E-state index < -0.39 is 0 Å². The summed E-state index contributed by atoms with van der Waals surface area (Å²) in [5.74, 6) is -0.346. The normalized spacial score (nSPS) is 10.7. The first kappa shape index (κ1) is 17.2. The van der Waals surface area contributed by atoms with E-state index in [1.54, 1.807) is 6.33 Å². The Morgan fingerprint density at radius 3 is 2.68 bits per heavy atom. The van der Waals surface area contributed by atoms with Crippen LogP contribution in [0.15, 0.2) is 53.9 Å². The van der Waals surface area contributed by atoms with Crippen molar-refractivity contribution in [2.75, 3.05) is 11.1 Å². The largest absolute Gasteiger partial charge is 0.325 e. The highest BCUT2D eigenvalue weighted by molar-refractivity contribution is 7.99. The van der Waals surface area contributed by atoms with E-state index in [1.807, 2.05) is 30.5 Å². The number of benzene rings is 2. The molecule has 1 amide bonds. The third kappa shape index (κ3) is 4.24. The van der Waals surface area contributed by atoms with Crippen LogP contribution in [0.1, 0.15) is 11.1 Å². The molecule has 0 radical (unpaired) electrons. The summed E-state index contributed by atoms with van der Waals surface area (Å²) < 4.78 is 14.8. The zero-order valence-corrected chi connectivity index (χ0v) is 14.7. The lowest BCUT2D eigenvalue weighted by Crippen LogP contribution is -2.14. The number of thioether (sulfide) groups is 1. The van der Waals surface area contributed by atoms with Gasteiger partial charge in [0.2, 0.25) is 5.91 Å². The molecular formula is C18H17FN4OS. The van der Waals surface area contributed by atoms with Crippen molar-refractivity contribution in [3.63, 3.8) is 0 Å². The molecule has 2 aromatic carbocycles. The Bertz CT molecular complexity index is 892. The Labute approximate surface area is 149 Å². The molecule has 0 unspecified atom stereocenters. The number of aromatic nitrogens is 3. The first-order valence-corrected chi connectivity index (χ1v) is 8.67. The first-order chi connectivity index (χ1) is 12.0. The molecule has 0 aliphatic carbocycles. The van der Waals surface area contributed by atoms with Crippen LogP contribution in [0.3, 0.4) is 0 Å². The van der Waals surface area contributed by atoms with Gasteiger partial charge < -0.3 is 5.32 Å². The first-order valence-electron chi connectivity index (χ1n) is 7.69. The van der Waals surface area contributed by atoms with Gasteiger partial charge in [-0.05, 0) is 49.7 Å². The van der Waals surface area contributed by atoms with E-state index in [-0.39, 0.29) is 17.5 Å². The molecule has 0 saturated carbocycles. The number of carbonyl (C=O) groups excluding carboxylic acids is 1. The number of hydrogen-bond acceptors (Lipinski definition) is 4. The second-order valence-electron chi connectivity index (χ2n) is 5.62. The van der Waals surface area contributed by atoms with Crippen LogP contribution in [0.2, 0.25) is 0 Å². The summed E-state index contributed by atoms with van der Waals surface area (Å²) in [5.41, 5.74) is 3.83. The highest BCUT2D eigenvalue weighted by Crippen LogP contribution is 2.22. The number of nitrogens with one attached hydrogen (secondary N) is 1.